The topological polar surface area (TPSA) is 92.4 Å². The van der Waals surface area contributed by atoms with Gasteiger partial charge in [-0.25, -0.2) is 0 Å². The maximum absolute atomic E-state index is 11.7. The molecule has 1 aliphatic carbocycles. The van der Waals surface area contributed by atoms with Crippen LogP contribution in [0.25, 0.3) is 0 Å². The number of amides is 1. The normalized spacial score (nSPS) is 24.7. The standard InChI is InChI=1S/C13H24N2O3S/c1-9-2-4-10(5-3-9)15-12(16)8-19-7-6-11(14)13(17)18/h9-11H,2-8,14H2,1H3,(H,15,16)(H,17,18). The van der Waals surface area contributed by atoms with Crippen molar-refractivity contribution < 1.29 is 14.7 Å². The summed E-state index contributed by atoms with van der Waals surface area (Å²) in [5.41, 5.74) is 5.38. The van der Waals surface area contributed by atoms with E-state index in [9.17, 15) is 9.59 Å². The van der Waals surface area contributed by atoms with Crippen LogP contribution in [0.4, 0.5) is 0 Å². The van der Waals surface area contributed by atoms with Crippen LogP contribution in [0.5, 0.6) is 0 Å². The lowest BCUT2D eigenvalue weighted by Gasteiger charge is -2.26. The van der Waals surface area contributed by atoms with Gasteiger partial charge in [0.1, 0.15) is 6.04 Å². The molecule has 0 aromatic carbocycles. The maximum Gasteiger partial charge on any atom is 0.320 e. The highest BCUT2D eigenvalue weighted by molar-refractivity contribution is 7.99. The highest BCUT2D eigenvalue weighted by Gasteiger charge is 2.19. The van der Waals surface area contributed by atoms with Crippen molar-refractivity contribution in [2.45, 2.75) is 51.1 Å². The van der Waals surface area contributed by atoms with Gasteiger partial charge in [-0.3, -0.25) is 9.59 Å². The highest BCUT2D eigenvalue weighted by atomic mass is 32.2. The van der Waals surface area contributed by atoms with Crippen molar-refractivity contribution in [2.24, 2.45) is 11.7 Å². The molecule has 1 atom stereocenters. The maximum atomic E-state index is 11.7. The Labute approximate surface area is 118 Å². The Morgan fingerprint density at radius 3 is 2.58 bits per heavy atom. The lowest BCUT2D eigenvalue weighted by Crippen LogP contribution is -2.38. The molecule has 1 fully saturated rings. The number of rotatable bonds is 7. The molecule has 1 amide bonds. The van der Waals surface area contributed by atoms with Gasteiger partial charge in [0, 0.05) is 6.04 Å². The smallest absolute Gasteiger partial charge is 0.320 e. The zero-order chi connectivity index (χ0) is 14.3. The first-order chi connectivity index (χ1) is 8.99. The molecule has 1 saturated carbocycles. The van der Waals surface area contributed by atoms with Crippen LogP contribution in [0, 0.1) is 5.92 Å². The number of aliphatic carboxylic acids is 1. The van der Waals surface area contributed by atoms with Gasteiger partial charge >= 0.3 is 5.97 Å². The summed E-state index contributed by atoms with van der Waals surface area (Å²) in [6.45, 7) is 2.25. The minimum atomic E-state index is -0.985. The monoisotopic (exact) mass is 288 g/mol. The molecule has 0 aromatic heterocycles. The number of carboxylic acid groups (broad SMARTS) is 1. The van der Waals surface area contributed by atoms with E-state index < -0.39 is 12.0 Å². The minimum absolute atomic E-state index is 0.0495. The van der Waals surface area contributed by atoms with Crippen LogP contribution >= 0.6 is 11.8 Å². The molecule has 4 N–H and O–H groups in total. The minimum Gasteiger partial charge on any atom is -0.480 e. The fourth-order valence-corrected chi connectivity index (χ4v) is 3.01. The molecular formula is C13H24N2O3S. The molecule has 110 valence electrons. The van der Waals surface area contributed by atoms with Crippen molar-refractivity contribution in [1.82, 2.24) is 5.32 Å². The van der Waals surface area contributed by atoms with Gasteiger partial charge in [0.15, 0.2) is 0 Å². The van der Waals surface area contributed by atoms with Crippen LogP contribution in [0.1, 0.15) is 39.0 Å². The summed E-state index contributed by atoms with van der Waals surface area (Å²) in [6, 6.07) is -0.499. The summed E-state index contributed by atoms with van der Waals surface area (Å²) in [5, 5.41) is 11.7. The van der Waals surface area contributed by atoms with Crippen molar-refractivity contribution in [2.75, 3.05) is 11.5 Å². The molecule has 0 bridgehead atoms. The molecule has 6 heteroatoms. The Bertz CT molecular complexity index is 304. The Morgan fingerprint density at radius 1 is 1.37 bits per heavy atom. The van der Waals surface area contributed by atoms with Gasteiger partial charge < -0.3 is 16.2 Å². The van der Waals surface area contributed by atoms with E-state index in [1.54, 1.807) is 0 Å². The van der Waals surface area contributed by atoms with E-state index >= 15 is 0 Å². The zero-order valence-electron chi connectivity index (χ0n) is 11.4. The summed E-state index contributed by atoms with van der Waals surface area (Å²) < 4.78 is 0. The number of carboxylic acids is 1. The van der Waals surface area contributed by atoms with Crippen molar-refractivity contribution in [1.29, 1.82) is 0 Å². The van der Waals surface area contributed by atoms with E-state index in [0.717, 1.165) is 18.8 Å². The second-order valence-corrected chi connectivity index (χ2v) is 6.42. The van der Waals surface area contributed by atoms with Crippen LogP contribution in [0.2, 0.25) is 0 Å². The van der Waals surface area contributed by atoms with Crippen molar-refractivity contribution in [3.8, 4) is 0 Å². The Balaban J connectivity index is 2.06. The molecule has 1 rings (SSSR count). The number of nitrogens with one attached hydrogen (secondary N) is 1. The van der Waals surface area contributed by atoms with Crippen LogP contribution in [0.15, 0.2) is 0 Å². The molecule has 0 spiro atoms. The average Bonchev–Trinajstić information content (AvgIpc) is 2.37. The lowest BCUT2D eigenvalue weighted by atomic mass is 9.87. The molecule has 19 heavy (non-hydrogen) atoms. The third-order valence-corrected chi connectivity index (χ3v) is 4.50. The summed E-state index contributed by atoms with van der Waals surface area (Å²) in [7, 11) is 0. The number of carbonyl (C=O) groups is 2. The SMILES string of the molecule is CC1CCC(NC(=O)CSCCC(N)C(=O)O)CC1. The number of thioether (sulfide) groups is 1. The van der Waals surface area contributed by atoms with E-state index in [2.05, 4.69) is 12.2 Å². The number of carbonyl (C=O) groups excluding carboxylic acids is 1. The first-order valence-corrected chi connectivity index (χ1v) is 8.00. The van der Waals surface area contributed by atoms with E-state index in [4.69, 9.17) is 10.8 Å². The highest BCUT2D eigenvalue weighted by Crippen LogP contribution is 2.23. The van der Waals surface area contributed by atoms with E-state index in [-0.39, 0.29) is 5.91 Å². The fraction of sp³-hybridized carbons (Fsp3) is 0.846. The molecule has 5 nitrogen and oxygen atoms in total. The summed E-state index contributed by atoms with van der Waals surface area (Å²) >= 11 is 1.44. The lowest BCUT2D eigenvalue weighted by molar-refractivity contribution is -0.138. The van der Waals surface area contributed by atoms with Crippen LogP contribution in [-0.4, -0.2) is 40.6 Å². The largest absolute Gasteiger partial charge is 0.480 e. The van der Waals surface area contributed by atoms with Gasteiger partial charge in [-0.15, -0.1) is 0 Å². The van der Waals surface area contributed by atoms with Gasteiger partial charge in [-0.2, -0.15) is 11.8 Å². The van der Waals surface area contributed by atoms with Gasteiger partial charge in [-0.1, -0.05) is 6.92 Å². The van der Waals surface area contributed by atoms with E-state index in [1.165, 1.54) is 24.6 Å². The molecule has 0 heterocycles. The number of hydrogen-bond donors (Lipinski definition) is 3. The average molecular weight is 288 g/mol. The van der Waals surface area contributed by atoms with Gasteiger partial charge in [0.05, 0.1) is 5.75 Å². The molecule has 1 aliphatic rings. The van der Waals surface area contributed by atoms with Gasteiger partial charge in [-0.05, 0) is 43.8 Å². The van der Waals surface area contributed by atoms with Crippen molar-refractivity contribution in [3.63, 3.8) is 0 Å². The number of nitrogens with two attached hydrogens (primary N) is 1. The zero-order valence-corrected chi connectivity index (χ0v) is 12.2. The predicted octanol–water partition coefficient (Wildman–Crippen LogP) is 1.22. The van der Waals surface area contributed by atoms with Crippen LogP contribution in [0.3, 0.4) is 0 Å². The summed E-state index contributed by atoms with van der Waals surface area (Å²) in [4.78, 5) is 22.2. The van der Waals surface area contributed by atoms with Gasteiger partial charge in [0.2, 0.25) is 5.91 Å². The summed E-state index contributed by atoms with van der Waals surface area (Å²) in [5.74, 6) is 0.830. The first kappa shape index (κ1) is 16.3. The van der Waals surface area contributed by atoms with Crippen molar-refractivity contribution in [3.05, 3.63) is 0 Å². The number of hydrogen-bond acceptors (Lipinski definition) is 4. The molecule has 0 saturated heterocycles. The van der Waals surface area contributed by atoms with Gasteiger partial charge in [0.25, 0.3) is 0 Å². The van der Waals surface area contributed by atoms with E-state index in [0.29, 0.717) is 24.0 Å². The van der Waals surface area contributed by atoms with Crippen LogP contribution < -0.4 is 11.1 Å². The second kappa shape index (κ2) is 8.43. The molecule has 0 aromatic rings. The Kier molecular flexibility index (Phi) is 7.23. The first-order valence-electron chi connectivity index (χ1n) is 6.84. The Morgan fingerprint density at radius 2 is 2.00 bits per heavy atom. The third-order valence-electron chi connectivity index (χ3n) is 3.50. The molecule has 0 aliphatic heterocycles. The second-order valence-electron chi connectivity index (χ2n) is 5.31. The quantitative estimate of drug-likeness (QED) is 0.613. The van der Waals surface area contributed by atoms with Crippen molar-refractivity contribution >= 4 is 23.6 Å². The summed E-state index contributed by atoms with van der Waals surface area (Å²) in [6.07, 6.45) is 4.91. The molecule has 0 radical (unpaired) electrons. The predicted molar refractivity (Wildman–Crippen MR) is 77.1 cm³/mol. The van der Waals surface area contributed by atoms with Crippen LogP contribution in [-0.2, 0) is 9.59 Å². The molecule has 1 unspecified atom stereocenters. The third kappa shape index (κ3) is 6.82. The van der Waals surface area contributed by atoms with E-state index in [1.807, 2.05) is 0 Å². The molecular weight excluding hydrogens is 264 g/mol. The Hall–Kier alpha value is -0.750. The fourth-order valence-electron chi connectivity index (χ4n) is 2.17.